The summed E-state index contributed by atoms with van der Waals surface area (Å²) in [7, 11) is 0. The largest absolute Gasteiger partial charge is 0.362 e. The molecule has 3 aromatic rings. The van der Waals surface area contributed by atoms with Crippen molar-refractivity contribution in [1.82, 2.24) is 10.2 Å². The molecular formula is C20H19FN4OS. The smallest absolute Gasteiger partial charge is 0.286 e. The summed E-state index contributed by atoms with van der Waals surface area (Å²) in [6.45, 7) is 2.83. The molecule has 1 aliphatic rings. The van der Waals surface area contributed by atoms with Crippen LogP contribution in [-0.4, -0.2) is 22.1 Å². The Balaban J connectivity index is 1.48. The predicted octanol–water partition coefficient (Wildman–Crippen LogP) is 4.27. The maximum atomic E-state index is 13.0. The summed E-state index contributed by atoms with van der Waals surface area (Å²) in [6.07, 6.45) is 2.17. The summed E-state index contributed by atoms with van der Waals surface area (Å²) in [5, 5.41) is 12.0. The molecule has 2 heterocycles. The van der Waals surface area contributed by atoms with Crippen LogP contribution < -0.4 is 10.2 Å². The average Bonchev–Trinajstić information content (AvgIpc) is 3.15. The number of rotatable bonds is 4. The molecule has 0 spiro atoms. The number of para-hydroxylation sites is 1. The van der Waals surface area contributed by atoms with Crippen molar-refractivity contribution in [2.75, 3.05) is 10.2 Å². The molecule has 138 valence electrons. The summed E-state index contributed by atoms with van der Waals surface area (Å²) in [6, 6.07) is 14.4. The van der Waals surface area contributed by atoms with E-state index in [1.54, 1.807) is 0 Å². The van der Waals surface area contributed by atoms with E-state index >= 15 is 0 Å². The van der Waals surface area contributed by atoms with Crippen LogP contribution in [-0.2, 0) is 13.0 Å². The topological polar surface area (TPSA) is 58.1 Å². The standard InChI is InChI=1S/C20H19FN4OS/c1-13-6-7-14-4-2-3-5-17(14)25(13)12-18-23-24-20(27-18)19(26)22-16-10-8-15(21)9-11-16/h2-5,8-11,13H,6-7,12H2,1H3,(H,22,26)/t13-/m1/s1. The van der Waals surface area contributed by atoms with Gasteiger partial charge in [0.05, 0.1) is 6.54 Å². The molecule has 1 aromatic heterocycles. The van der Waals surface area contributed by atoms with E-state index in [0.717, 1.165) is 17.8 Å². The van der Waals surface area contributed by atoms with Gasteiger partial charge in [-0.05, 0) is 55.7 Å². The van der Waals surface area contributed by atoms with Crippen LogP contribution in [0.3, 0.4) is 0 Å². The van der Waals surface area contributed by atoms with Gasteiger partial charge >= 0.3 is 0 Å². The van der Waals surface area contributed by atoms with Crippen LogP contribution in [0.25, 0.3) is 0 Å². The highest BCUT2D eigenvalue weighted by Crippen LogP contribution is 2.32. The van der Waals surface area contributed by atoms with Crippen molar-refractivity contribution < 1.29 is 9.18 Å². The Morgan fingerprint density at radius 2 is 2.00 bits per heavy atom. The minimum absolute atomic E-state index is 0.298. The number of carbonyl (C=O) groups excluding carboxylic acids is 1. The van der Waals surface area contributed by atoms with Crippen LogP contribution in [0.4, 0.5) is 15.8 Å². The predicted molar refractivity (Wildman–Crippen MR) is 105 cm³/mol. The number of benzene rings is 2. The highest BCUT2D eigenvalue weighted by atomic mass is 32.1. The van der Waals surface area contributed by atoms with E-state index in [1.165, 1.54) is 46.9 Å². The summed E-state index contributed by atoms with van der Waals surface area (Å²) in [4.78, 5) is 14.7. The Hall–Kier alpha value is -2.80. The molecule has 1 aliphatic heterocycles. The van der Waals surface area contributed by atoms with Gasteiger partial charge in [0.2, 0.25) is 5.01 Å². The molecule has 1 N–H and O–H groups in total. The molecule has 4 rings (SSSR count). The van der Waals surface area contributed by atoms with Crippen molar-refractivity contribution in [3.63, 3.8) is 0 Å². The van der Waals surface area contributed by atoms with Gasteiger partial charge in [-0.3, -0.25) is 4.79 Å². The van der Waals surface area contributed by atoms with Gasteiger partial charge in [0, 0.05) is 17.4 Å². The summed E-state index contributed by atoms with van der Waals surface area (Å²) in [5.74, 6) is -0.681. The van der Waals surface area contributed by atoms with Crippen LogP contribution >= 0.6 is 11.3 Å². The molecule has 0 bridgehead atoms. The van der Waals surface area contributed by atoms with E-state index in [9.17, 15) is 9.18 Å². The Kier molecular flexibility index (Phi) is 4.85. The molecule has 5 nitrogen and oxygen atoms in total. The molecule has 1 amide bonds. The summed E-state index contributed by atoms with van der Waals surface area (Å²) >= 11 is 1.28. The fraction of sp³-hybridized carbons (Fsp3) is 0.250. The minimum atomic E-state index is -0.345. The number of aromatic nitrogens is 2. The number of anilines is 2. The third kappa shape index (κ3) is 3.83. The highest BCUT2D eigenvalue weighted by molar-refractivity contribution is 7.13. The van der Waals surface area contributed by atoms with Crippen LogP contribution in [0.2, 0.25) is 0 Å². The van der Waals surface area contributed by atoms with Gasteiger partial charge < -0.3 is 10.2 Å². The number of carbonyl (C=O) groups is 1. The van der Waals surface area contributed by atoms with Crippen LogP contribution in [0, 0.1) is 5.82 Å². The second kappa shape index (κ2) is 7.44. The van der Waals surface area contributed by atoms with E-state index in [1.807, 2.05) is 6.07 Å². The third-order valence-corrected chi connectivity index (χ3v) is 5.64. The Bertz CT molecular complexity index is 957. The van der Waals surface area contributed by atoms with Crippen LogP contribution in [0.5, 0.6) is 0 Å². The van der Waals surface area contributed by atoms with Gasteiger partial charge in [-0.15, -0.1) is 10.2 Å². The van der Waals surface area contributed by atoms with Crippen molar-refractivity contribution >= 4 is 28.6 Å². The molecular weight excluding hydrogens is 363 g/mol. The SMILES string of the molecule is C[C@@H]1CCc2ccccc2N1Cc1nnc(C(=O)Nc2ccc(F)cc2)s1. The van der Waals surface area contributed by atoms with Gasteiger partial charge in [-0.25, -0.2) is 4.39 Å². The minimum Gasteiger partial charge on any atom is -0.362 e. The van der Waals surface area contributed by atoms with E-state index < -0.39 is 0 Å². The number of fused-ring (bicyclic) bond motifs is 1. The normalized spacial score (nSPS) is 16.1. The molecule has 2 aromatic carbocycles. The van der Waals surface area contributed by atoms with E-state index in [0.29, 0.717) is 23.3 Å². The van der Waals surface area contributed by atoms with Gasteiger partial charge in [0.25, 0.3) is 5.91 Å². The number of nitrogens with zero attached hydrogens (tertiary/aromatic N) is 3. The van der Waals surface area contributed by atoms with Gasteiger partial charge in [0.15, 0.2) is 0 Å². The average molecular weight is 382 g/mol. The molecule has 0 aliphatic carbocycles. The fourth-order valence-corrected chi connectivity index (χ4v) is 4.01. The maximum absolute atomic E-state index is 13.0. The zero-order chi connectivity index (χ0) is 18.8. The van der Waals surface area contributed by atoms with Crippen molar-refractivity contribution in [3.05, 3.63) is 69.9 Å². The Morgan fingerprint density at radius 1 is 1.22 bits per heavy atom. The zero-order valence-electron chi connectivity index (χ0n) is 14.9. The molecule has 0 saturated heterocycles. The fourth-order valence-electron chi connectivity index (χ4n) is 3.27. The first-order chi connectivity index (χ1) is 13.1. The molecule has 0 unspecified atom stereocenters. The van der Waals surface area contributed by atoms with E-state index in [-0.39, 0.29) is 11.7 Å². The van der Waals surface area contributed by atoms with Crippen molar-refractivity contribution in [2.24, 2.45) is 0 Å². The molecule has 0 fully saturated rings. The zero-order valence-corrected chi connectivity index (χ0v) is 15.7. The summed E-state index contributed by atoms with van der Waals surface area (Å²) in [5.41, 5.74) is 3.09. The van der Waals surface area contributed by atoms with Crippen LogP contribution in [0.15, 0.2) is 48.5 Å². The van der Waals surface area contributed by atoms with E-state index in [4.69, 9.17) is 0 Å². The Labute approximate surface area is 160 Å². The quantitative estimate of drug-likeness (QED) is 0.732. The lowest BCUT2D eigenvalue weighted by atomic mass is 9.97. The lowest BCUT2D eigenvalue weighted by Gasteiger charge is -2.36. The van der Waals surface area contributed by atoms with Crippen molar-refractivity contribution in [2.45, 2.75) is 32.4 Å². The molecule has 7 heteroatoms. The molecule has 0 radical (unpaired) electrons. The first-order valence-corrected chi connectivity index (χ1v) is 9.65. The molecule has 1 atom stereocenters. The number of hydrogen-bond acceptors (Lipinski definition) is 5. The number of halogens is 1. The van der Waals surface area contributed by atoms with Crippen molar-refractivity contribution in [3.8, 4) is 0 Å². The van der Waals surface area contributed by atoms with Gasteiger partial charge in [-0.2, -0.15) is 0 Å². The Morgan fingerprint density at radius 3 is 2.81 bits per heavy atom. The lowest BCUT2D eigenvalue weighted by molar-refractivity contribution is 0.102. The van der Waals surface area contributed by atoms with Gasteiger partial charge in [-0.1, -0.05) is 29.5 Å². The second-order valence-electron chi connectivity index (χ2n) is 6.61. The second-order valence-corrected chi connectivity index (χ2v) is 7.67. The molecule has 0 saturated carbocycles. The van der Waals surface area contributed by atoms with Gasteiger partial charge in [0.1, 0.15) is 10.8 Å². The first-order valence-electron chi connectivity index (χ1n) is 8.84. The number of hydrogen-bond donors (Lipinski definition) is 1. The maximum Gasteiger partial charge on any atom is 0.286 e. The lowest BCUT2D eigenvalue weighted by Crippen LogP contribution is -2.36. The number of aryl methyl sites for hydroxylation is 1. The highest BCUT2D eigenvalue weighted by Gasteiger charge is 2.24. The van der Waals surface area contributed by atoms with Crippen LogP contribution in [0.1, 0.15) is 33.7 Å². The van der Waals surface area contributed by atoms with E-state index in [2.05, 4.69) is 45.5 Å². The number of amides is 1. The number of nitrogens with one attached hydrogen (secondary N) is 1. The molecule has 27 heavy (non-hydrogen) atoms. The monoisotopic (exact) mass is 382 g/mol. The van der Waals surface area contributed by atoms with Crippen molar-refractivity contribution in [1.29, 1.82) is 0 Å². The third-order valence-electron chi connectivity index (χ3n) is 4.73. The summed E-state index contributed by atoms with van der Waals surface area (Å²) < 4.78 is 13.0. The first kappa shape index (κ1) is 17.6.